The lowest BCUT2D eigenvalue weighted by atomic mass is 10.1. The van der Waals surface area contributed by atoms with Gasteiger partial charge in [0.05, 0.1) is 6.61 Å². The molecule has 0 spiro atoms. The molecule has 7 nitrogen and oxygen atoms in total. The Labute approximate surface area is 156 Å². The molecular weight excluding hydrogens is 332 g/mol. The van der Waals surface area contributed by atoms with Gasteiger partial charge in [0.2, 0.25) is 0 Å². The second-order valence-electron chi connectivity index (χ2n) is 6.83. The molecule has 1 amide bonds. The van der Waals surface area contributed by atoms with E-state index in [1.54, 1.807) is 7.05 Å². The van der Waals surface area contributed by atoms with Crippen LogP contribution in [0.1, 0.15) is 38.8 Å². The van der Waals surface area contributed by atoms with Gasteiger partial charge in [-0.1, -0.05) is 12.1 Å². The van der Waals surface area contributed by atoms with Gasteiger partial charge in [-0.05, 0) is 46.2 Å². The molecular formula is C19H32N4O3. The molecule has 0 saturated heterocycles. The van der Waals surface area contributed by atoms with Gasteiger partial charge in [-0.25, -0.2) is 4.79 Å². The third-order valence-corrected chi connectivity index (χ3v) is 3.28. The lowest BCUT2D eigenvalue weighted by molar-refractivity contribution is 0.0529. The van der Waals surface area contributed by atoms with Crippen LogP contribution in [0.2, 0.25) is 0 Å². The van der Waals surface area contributed by atoms with Gasteiger partial charge in [0.25, 0.3) is 0 Å². The van der Waals surface area contributed by atoms with Crippen molar-refractivity contribution in [2.45, 2.75) is 46.8 Å². The number of carbonyl (C=O) groups excluding carboxylic acids is 1. The van der Waals surface area contributed by atoms with Crippen molar-refractivity contribution in [1.82, 2.24) is 16.0 Å². The third-order valence-electron chi connectivity index (χ3n) is 3.28. The summed E-state index contributed by atoms with van der Waals surface area (Å²) in [6, 6.07) is 6.13. The number of hydrogen-bond acceptors (Lipinski definition) is 4. The van der Waals surface area contributed by atoms with Crippen LogP contribution in [0.4, 0.5) is 4.79 Å². The number of aliphatic imine (C=N–C) groups is 1. The highest BCUT2D eigenvalue weighted by atomic mass is 16.6. The summed E-state index contributed by atoms with van der Waals surface area (Å²) in [6.07, 6.45) is -0.428. The van der Waals surface area contributed by atoms with E-state index in [0.717, 1.165) is 16.9 Å². The van der Waals surface area contributed by atoms with Crippen molar-refractivity contribution in [1.29, 1.82) is 0 Å². The summed E-state index contributed by atoms with van der Waals surface area (Å²) in [7, 11) is 1.70. The Balaban J connectivity index is 2.41. The highest BCUT2D eigenvalue weighted by molar-refractivity contribution is 5.79. The molecule has 146 valence electrons. The molecule has 3 N–H and O–H groups in total. The van der Waals surface area contributed by atoms with Crippen LogP contribution in [0.15, 0.2) is 23.2 Å². The Kier molecular flexibility index (Phi) is 8.75. The van der Waals surface area contributed by atoms with Crippen molar-refractivity contribution in [2.75, 3.05) is 26.7 Å². The highest BCUT2D eigenvalue weighted by Crippen LogP contribution is 2.20. The van der Waals surface area contributed by atoms with E-state index in [1.807, 2.05) is 46.8 Å². The van der Waals surface area contributed by atoms with Crippen LogP contribution in [-0.2, 0) is 11.3 Å². The van der Waals surface area contributed by atoms with E-state index in [2.05, 4.69) is 27.0 Å². The molecule has 26 heavy (non-hydrogen) atoms. The first kappa shape index (κ1) is 21.6. The van der Waals surface area contributed by atoms with Crippen LogP contribution in [0, 0.1) is 6.92 Å². The minimum Gasteiger partial charge on any atom is -0.494 e. The van der Waals surface area contributed by atoms with Gasteiger partial charge in [0.15, 0.2) is 5.96 Å². The maximum atomic E-state index is 11.6. The summed E-state index contributed by atoms with van der Waals surface area (Å²) >= 11 is 0. The zero-order valence-electron chi connectivity index (χ0n) is 16.7. The molecule has 1 aromatic carbocycles. The van der Waals surface area contributed by atoms with E-state index in [4.69, 9.17) is 9.47 Å². The number of guanidine groups is 1. The van der Waals surface area contributed by atoms with Crippen molar-refractivity contribution >= 4 is 12.1 Å². The van der Waals surface area contributed by atoms with Crippen LogP contribution >= 0.6 is 0 Å². The molecule has 0 fully saturated rings. The van der Waals surface area contributed by atoms with E-state index in [9.17, 15) is 4.79 Å². The second kappa shape index (κ2) is 10.5. The third kappa shape index (κ3) is 8.60. The van der Waals surface area contributed by atoms with Crippen molar-refractivity contribution in [3.05, 3.63) is 29.3 Å². The molecule has 7 heteroatoms. The largest absolute Gasteiger partial charge is 0.494 e. The Morgan fingerprint density at radius 2 is 1.85 bits per heavy atom. The fraction of sp³-hybridized carbons (Fsp3) is 0.579. The molecule has 0 saturated carbocycles. The number of benzene rings is 1. The summed E-state index contributed by atoms with van der Waals surface area (Å²) in [6.45, 7) is 11.7. The summed E-state index contributed by atoms with van der Waals surface area (Å²) < 4.78 is 10.9. The molecule has 0 atom stereocenters. The maximum Gasteiger partial charge on any atom is 0.407 e. The molecule has 0 unspecified atom stereocenters. The number of rotatable bonds is 7. The van der Waals surface area contributed by atoms with E-state index < -0.39 is 11.7 Å². The standard InChI is InChI=1S/C19H32N4O3/c1-7-25-16-12-14(2)8-9-15(16)13-23-17(20-6)21-10-11-22-18(24)26-19(3,4)5/h8-9,12H,7,10-11,13H2,1-6H3,(H,22,24)(H2,20,21,23). The van der Waals surface area contributed by atoms with Gasteiger partial charge in [0.1, 0.15) is 11.4 Å². The first-order chi connectivity index (χ1) is 12.2. The predicted molar refractivity (Wildman–Crippen MR) is 105 cm³/mol. The molecule has 0 radical (unpaired) electrons. The van der Waals surface area contributed by atoms with Gasteiger partial charge >= 0.3 is 6.09 Å². The molecule has 0 aromatic heterocycles. The average molecular weight is 364 g/mol. The molecule has 1 aromatic rings. The van der Waals surface area contributed by atoms with Gasteiger partial charge in [-0.3, -0.25) is 4.99 Å². The molecule has 0 aliphatic heterocycles. The topological polar surface area (TPSA) is 84.0 Å². The Morgan fingerprint density at radius 1 is 1.15 bits per heavy atom. The van der Waals surface area contributed by atoms with Crippen LogP contribution in [-0.4, -0.2) is 44.4 Å². The van der Waals surface area contributed by atoms with Crippen molar-refractivity contribution < 1.29 is 14.3 Å². The first-order valence-corrected chi connectivity index (χ1v) is 8.89. The van der Waals surface area contributed by atoms with Crippen LogP contribution in [0.25, 0.3) is 0 Å². The lowest BCUT2D eigenvalue weighted by Crippen LogP contribution is -2.42. The lowest BCUT2D eigenvalue weighted by Gasteiger charge is -2.20. The molecule has 0 heterocycles. The average Bonchev–Trinajstić information content (AvgIpc) is 2.54. The molecule has 0 aliphatic carbocycles. The smallest absolute Gasteiger partial charge is 0.407 e. The first-order valence-electron chi connectivity index (χ1n) is 8.89. The van der Waals surface area contributed by atoms with Gasteiger partial charge < -0.3 is 25.4 Å². The fourth-order valence-corrected chi connectivity index (χ4v) is 2.16. The summed E-state index contributed by atoms with van der Waals surface area (Å²) in [5.41, 5.74) is 1.72. The van der Waals surface area contributed by atoms with Crippen molar-refractivity contribution in [3.63, 3.8) is 0 Å². The number of aryl methyl sites for hydroxylation is 1. The van der Waals surface area contributed by atoms with E-state index in [0.29, 0.717) is 32.2 Å². The van der Waals surface area contributed by atoms with Gasteiger partial charge in [-0.15, -0.1) is 0 Å². The minimum atomic E-state index is -0.499. The Bertz CT molecular complexity index is 609. The number of carbonyl (C=O) groups is 1. The maximum absolute atomic E-state index is 11.6. The summed E-state index contributed by atoms with van der Waals surface area (Å²) in [5, 5.41) is 9.09. The second-order valence-corrected chi connectivity index (χ2v) is 6.83. The number of ether oxygens (including phenoxy) is 2. The van der Waals surface area contributed by atoms with E-state index in [-0.39, 0.29) is 0 Å². The normalized spacial score (nSPS) is 11.7. The van der Waals surface area contributed by atoms with Gasteiger partial charge in [0, 0.05) is 32.2 Å². The van der Waals surface area contributed by atoms with Crippen LogP contribution in [0.5, 0.6) is 5.75 Å². The number of nitrogens with zero attached hydrogens (tertiary/aromatic N) is 1. The molecule has 0 aliphatic rings. The van der Waals surface area contributed by atoms with Crippen molar-refractivity contribution in [2.24, 2.45) is 4.99 Å². The summed E-state index contributed by atoms with van der Waals surface area (Å²) in [4.78, 5) is 15.8. The fourth-order valence-electron chi connectivity index (χ4n) is 2.16. The zero-order chi connectivity index (χ0) is 19.6. The minimum absolute atomic E-state index is 0.428. The van der Waals surface area contributed by atoms with Gasteiger partial charge in [-0.2, -0.15) is 0 Å². The zero-order valence-corrected chi connectivity index (χ0v) is 16.7. The Morgan fingerprint density at radius 3 is 2.46 bits per heavy atom. The van der Waals surface area contributed by atoms with E-state index in [1.165, 1.54) is 0 Å². The number of nitrogens with one attached hydrogen (secondary N) is 3. The number of hydrogen-bond donors (Lipinski definition) is 3. The van der Waals surface area contributed by atoms with E-state index >= 15 is 0 Å². The number of alkyl carbamates (subject to hydrolysis) is 1. The molecule has 1 rings (SSSR count). The van der Waals surface area contributed by atoms with Crippen molar-refractivity contribution in [3.8, 4) is 5.75 Å². The Hall–Kier alpha value is -2.44. The molecule has 0 bridgehead atoms. The summed E-state index contributed by atoms with van der Waals surface area (Å²) in [5.74, 6) is 1.53. The monoisotopic (exact) mass is 364 g/mol. The van der Waals surface area contributed by atoms with Crippen LogP contribution < -0.4 is 20.7 Å². The number of amides is 1. The van der Waals surface area contributed by atoms with Crippen LogP contribution in [0.3, 0.4) is 0 Å². The predicted octanol–water partition coefficient (Wildman–Crippen LogP) is 2.58. The quantitative estimate of drug-likeness (QED) is 0.393. The highest BCUT2D eigenvalue weighted by Gasteiger charge is 2.15. The SMILES string of the molecule is CCOc1cc(C)ccc1CNC(=NC)NCCNC(=O)OC(C)(C)C.